The average Bonchev–Trinajstić information content (AvgIpc) is 2.76. The van der Waals surface area contributed by atoms with Crippen molar-refractivity contribution >= 4 is 0 Å². The Morgan fingerprint density at radius 3 is 3.00 bits per heavy atom. The normalized spacial score (nSPS) is 20.2. The van der Waals surface area contributed by atoms with Crippen LogP contribution in [0.5, 0.6) is 0 Å². The molecule has 0 aliphatic carbocycles. The fourth-order valence-electron chi connectivity index (χ4n) is 1.86. The van der Waals surface area contributed by atoms with Gasteiger partial charge in [-0.25, -0.2) is 8.78 Å². The first-order valence-corrected chi connectivity index (χ1v) is 5.51. The van der Waals surface area contributed by atoms with Crippen LogP contribution in [0.25, 0.3) is 0 Å². The Balaban J connectivity index is 1.82. The predicted octanol–water partition coefficient (Wildman–Crippen LogP) is 2.23. The molecule has 1 aliphatic rings. The number of ether oxygens (including phenoxy) is 1. The fourth-order valence-corrected chi connectivity index (χ4v) is 1.86. The van der Waals surface area contributed by atoms with Gasteiger partial charge in [0.15, 0.2) is 0 Å². The zero-order valence-corrected chi connectivity index (χ0v) is 9.01. The van der Waals surface area contributed by atoms with Crippen LogP contribution in [0.4, 0.5) is 8.78 Å². The summed E-state index contributed by atoms with van der Waals surface area (Å²) < 4.78 is 31.4. The molecule has 16 heavy (non-hydrogen) atoms. The fraction of sp³-hybridized carbons (Fsp3) is 0.500. The topological polar surface area (TPSA) is 21.3 Å². The zero-order chi connectivity index (χ0) is 11.4. The third kappa shape index (κ3) is 3.00. The van der Waals surface area contributed by atoms with Gasteiger partial charge in [-0.3, -0.25) is 0 Å². The average molecular weight is 227 g/mol. The van der Waals surface area contributed by atoms with Gasteiger partial charge in [-0.15, -0.1) is 0 Å². The summed E-state index contributed by atoms with van der Waals surface area (Å²) in [6.07, 6.45) is 2.24. The van der Waals surface area contributed by atoms with Gasteiger partial charge in [-0.1, -0.05) is 0 Å². The molecule has 1 aromatic rings. The first-order chi connectivity index (χ1) is 7.75. The van der Waals surface area contributed by atoms with Gasteiger partial charge in [0, 0.05) is 11.6 Å². The van der Waals surface area contributed by atoms with Crippen molar-refractivity contribution in [2.24, 2.45) is 0 Å². The summed E-state index contributed by atoms with van der Waals surface area (Å²) in [4.78, 5) is 0. The number of nitrogens with one attached hydrogen (secondary N) is 1. The van der Waals surface area contributed by atoms with Gasteiger partial charge < -0.3 is 10.1 Å². The molecule has 0 aromatic heterocycles. The third-order valence-electron chi connectivity index (χ3n) is 2.75. The number of benzene rings is 1. The van der Waals surface area contributed by atoms with Crippen LogP contribution in [0.15, 0.2) is 18.2 Å². The lowest BCUT2D eigenvalue weighted by Crippen LogP contribution is -2.26. The summed E-state index contributed by atoms with van der Waals surface area (Å²) in [7, 11) is 0. The summed E-state index contributed by atoms with van der Waals surface area (Å²) in [5.41, 5.74) is 0.276. The monoisotopic (exact) mass is 227 g/mol. The quantitative estimate of drug-likeness (QED) is 0.851. The van der Waals surface area contributed by atoms with Crippen molar-refractivity contribution in [3.05, 3.63) is 35.4 Å². The van der Waals surface area contributed by atoms with Crippen LogP contribution >= 0.6 is 0 Å². The van der Waals surface area contributed by atoms with Crippen LogP contribution in [0.1, 0.15) is 18.4 Å². The summed E-state index contributed by atoms with van der Waals surface area (Å²) >= 11 is 0. The van der Waals surface area contributed by atoms with Crippen LogP contribution in [-0.2, 0) is 11.3 Å². The van der Waals surface area contributed by atoms with Gasteiger partial charge in [-0.05, 0) is 37.6 Å². The Bertz CT molecular complexity index is 351. The highest BCUT2D eigenvalue weighted by Crippen LogP contribution is 2.12. The highest BCUT2D eigenvalue weighted by Gasteiger charge is 2.14. The number of hydrogen-bond donors (Lipinski definition) is 1. The lowest BCUT2D eigenvalue weighted by Gasteiger charge is -2.11. The van der Waals surface area contributed by atoms with E-state index in [2.05, 4.69) is 5.32 Å². The van der Waals surface area contributed by atoms with Crippen molar-refractivity contribution in [3.8, 4) is 0 Å². The minimum atomic E-state index is -0.431. The van der Waals surface area contributed by atoms with Gasteiger partial charge in [0.1, 0.15) is 11.6 Å². The van der Waals surface area contributed by atoms with Gasteiger partial charge >= 0.3 is 0 Å². The maximum absolute atomic E-state index is 13.2. The molecule has 0 spiro atoms. The Hall–Kier alpha value is -1.00. The molecule has 4 heteroatoms. The minimum absolute atomic E-state index is 0.127. The van der Waals surface area contributed by atoms with Crippen LogP contribution in [0, 0.1) is 11.6 Å². The highest BCUT2D eigenvalue weighted by atomic mass is 19.1. The highest BCUT2D eigenvalue weighted by molar-refractivity contribution is 5.17. The van der Waals surface area contributed by atoms with E-state index >= 15 is 0 Å². The molecule has 0 saturated carbocycles. The van der Waals surface area contributed by atoms with Crippen molar-refractivity contribution in [2.45, 2.75) is 25.5 Å². The molecule has 0 bridgehead atoms. The maximum atomic E-state index is 13.2. The Kier molecular flexibility index (Phi) is 3.85. The molecule has 1 N–H and O–H groups in total. The predicted molar refractivity (Wildman–Crippen MR) is 57.0 cm³/mol. The second kappa shape index (κ2) is 5.37. The lowest BCUT2D eigenvalue weighted by molar-refractivity contribution is 0.101. The van der Waals surface area contributed by atoms with E-state index in [1.807, 2.05) is 0 Å². The Morgan fingerprint density at radius 2 is 2.25 bits per heavy atom. The lowest BCUT2D eigenvalue weighted by atomic mass is 10.2. The molecule has 0 radical (unpaired) electrons. The molecule has 88 valence electrons. The van der Waals surface area contributed by atoms with E-state index in [9.17, 15) is 8.78 Å². The smallest absolute Gasteiger partial charge is 0.128 e. The second-order valence-corrected chi connectivity index (χ2v) is 4.04. The van der Waals surface area contributed by atoms with Gasteiger partial charge in [0.05, 0.1) is 13.2 Å². The van der Waals surface area contributed by atoms with Gasteiger partial charge in [0.25, 0.3) is 0 Å². The Morgan fingerprint density at radius 1 is 1.38 bits per heavy atom. The van der Waals surface area contributed by atoms with Crippen molar-refractivity contribution in [3.63, 3.8) is 0 Å². The first-order valence-electron chi connectivity index (χ1n) is 5.51. The van der Waals surface area contributed by atoms with Gasteiger partial charge in [0.2, 0.25) is 0 Å². The summed E-state index contributed by atoms with van der Waals surface area (Å²) in [6.45, 7) is 1.69. The maximum Gasteiger partial charge on any atom is 0.128 e. The molecule has 1 fully saturated rings. The van der Waals surface area contributed by atoms with E-state index in [1.54, 1.807) is 0 Å². The zero-order valence-electron chi connectivity index (χ0n) is 9.01. The van der Waals surface area contributed by atoms with E-state index < -0.39 is 11.6 Å². The van der Waals surface area contributed by atoms with Crippen molar-refractivity contribution in [2.75, 3.05) is 13.2 Å². The standard InChI is InChI=1S/C12H15F2NO/c13-10-3-4-12(14)9(6-10)7-16-8-11-2-1-5-15-11/h3-4,6,11,15H,1-2,5,7-8H2. The molecule has 0 amide bonds. The Labute approximate surface area is 93.6 Å². The number of rotatable bonds is 4. The van der Waals surface area contributed by atoms with Crippen molar-refractivity contribution in [1.29, 1.82) is 0 Å². The summed E-state index contributed by atoms with van der Waals surface area (Å²) in [5, 5.41) is 3.28. The van der Waals surface area contributed by atoms with Crippen molar-refractivity contribution in [1.82, 2.24) is 5.32 Å². The van der Waals surface area contributed by atoms with E-state index in [0.29, 0.717) is 12.6 Å². The molecular weight excluding hydrogens is 212 g/mol. The van der Waals surface area contributed by atoms with E-state index in [1.165, 1.54) is 6.07 Å². The SMILES string of the molecule is Fc1ccc(F)c(COCC2CCCN2)c1. The molecule has 1 atom stereocenters. The van der Waals surface area contributed by atoms with Crippen LogP contribution in [-0.4, -0.2) is 19.2 Å². The minimum Gasteiger partial charge on any atom is -0.375 e. The third-order valence-corrected chi connectivity index (χ3v) is 2.75. The summed E-state index contributed by atoms with van der Waals surface area (Å²) in [6, 6.07) is 3.77. The summed E-state index contributed by atoms with van der Waals surface area (Å²) in [5.74, 6) is -0.847. The molecule has 1 heterocycles. The number of halogens is 2. The first kappa shape index (κ1) is 11.5. The van der Waals surface area contributed by atoms with Crippen molar-refractivity contribution < 1.29 is 13.5 Å². The van der Waals surface area contributed by atoms with E-state index in [-0.39, 0.29) is 12.2 Å². The molecule has 2 rings (SSSR count). The van der Waals surface area contributed by atoms with E-state index in [4.69, 9.17) is 4.74 Å². The molecule has 1 aliphatic heterocycles. The van der Waals surface area contributed by atoms with Crippen LogP contribution in [0.2, 0.25) is 0 Å². The van der Waals surface area contributed by atoms with Crippen LogP contribution in [0.3, 0.4) is 0 Å². The molecule has 2 nitrogen and oxygen atoms in total. The number of hydrogen-bond acceptors (Lipinski definition) is 2. The molecule has 1 saturated heterocycles. The molecular formula is C12H15F2NO. The largest absolute Gasteiger partial charge is 0.375 e. The molecule has 1 aromatic carbocycles. The molecule has 1 unspecified atom stereocenters. The van der Waals surface area contributed by atoms with E-state index in [0.717, 1.165) is 31.5 Å². The van der Waals surface area contributed by atoms with Gasteiger partial charge in [-0.2, -0.15) is 0 Å². The second-order valence-electron chi connectivity index (χ2n) is 4.04. The van der Waals surface area contributed by atoms with Crippen LogP contribution < -0.4 is 5.32 Å².